The zero-order valence-electron chi connectivity index (χ0n) is 6.66. The zero-order chi connectivity index (χ0) is 8.69. The second-order valence-corrected chi connectivity index (χ2v) is 2.03. The molecule has 62 valence electrons. The van der Waals surface area contributed by atoms with Crippen LogP contribution in [-0.4, -0.2) is 24.4 Å². The summed E-state index contributed by atoms with van der Waals surface area (Å²) in [6, 6.07) is 0. The third kappa shape index (κ3) is 6.70. The number of hydrogen-bond donors (Lipinski definition) is 0. The van der Waals surface area contributed by atoms with E-state index in [0.717, 1.165) is 6.21 Å². The standard InChI is InChI=1S/C7H11NO3/c1-3-7(10)4-8-11-5-6(2)9/h4H,3,5H2,1-2H3/b8-4+. The number of ketones is 2. The van der Waals surface area contributed by atoms with E-state index in [-0.39, 0.29) is 18.2 Å². The van der Waals surface area contributed by atoms with E-state index in [1.165, 1.54) is 6.92 Å². The molecule has 0 heterocycles. The molecule has 0 amide bonds. The third-order valence-corrected chi connectivity index (χ3v) is 0.888. The molecule has 0 atom stereocenters. The second-order valence-electron chi connectivity index (χ2n) is 2.03. The molecule has 4 nitrogen and oxygen atoms in total. The summed E-state index contributed by atoms with van der Waals surface area (Å²) in [4.78, 5) is 25.3. The van der Waals surface area contributed by atoms with Crippen LogP contribution >= 0.6 is 0 Å². The lowest BCUT2D eigenvalue weighted by molar-refractivity contribution is -0.121. The maximum atomic E-state index is 10.5. The van der Waals surface area contributed by atoms with E-state index in [9.17, 15) is 9.59 Å². The van der Waals surface area contributed by atoms with Crippen LogP contribution in [0.1, 0.15) is 20.3 Å². The van der Waals surface area contributed by atoms with Gasteiger partial charge in [0.05, 0.1) is 0 Å². The molecule has 0 saturated heterocycles. The van der Waals surface area contributed by atoms with Crippen molar-refractivity contribution in [2.24, 2.45) is 5.16 Å². The van der Waals surface area contributed by atoms with Crippen LogP contribution in [0.25, 0.3) is 0 Å². The first-order valence-corrected chi connectivity index (χ1v) is 3.34. The Morgan fingerprint density at radius 2 is 2.18 bits per heavy atom. The Morgan fingerprint density at radius 3 is 2.64 bits per heavy atom. The van der Waals surface area contributed by atoms with E-state index in [2.05, 4.69) is 9.99 Å². The average Bonchev–Trinajstić information content (AvgIpc) is 1.97. The van der Waals surface area contributed by atoms with Crippen molar-refractivity contribution in [2.75, 3.05) is 6.61 Å². The molecule has 11 heavy (non-hydrogen) atoms. The molecule has 0 rings (SSSR count). The summed E-state index contributed by atoms with van der Waals surface area (Å²) in [7, 11) is 0. The predicted molar refractivity (Wildman–Crippen MR) is 40.4 cm³/mol. The largest absolute Gasteiger partial charge is 0.388 e. The first-order chi connectivity index (χ1) is 5.16. The topological polar surface area (TPSA) is 55.7 Å². The van der Waals surface area contributed by atoms with Gasteiger partial charge >= 0.3 is 0 Å². The lowest BCUT2D eigenvalue weighted by atomic mass is 10.3. The van der Waals surface area contributed by atoms with Gasteiger partial charge in [0.2, 0.25) is 0 Å². The highest BCUT2D eigenvalue weighted by Gasteiger charge is 1.92. The Balaban J connectivity index is 3.45. The fourth-order valence-electron chi connectivity index (χ4n) is 0.316. The molecule has 0 radical (unpaired) electrons. The molecule has 0 saturated carbocycles. The Hall–Kier alpha value is -1.19. The van der Waals surface area contributed by atoms with Gasteiger partial charge in [0.1, 0.15) is 6.21 Å². The van der Waals surface area contributed by atoms with Gasteiger partial charge in [-0.05, 0) is 6.92 Å². The highest BCUT2D eigenvalue weighted by atomic mass is 16.6. The molecule has 0 unspecified atom stereocenters. The quantitative estimate of drug-likeness (QED) is 0.432. The van der Waals surface area contributed by atoms with Gasteiger partial charge in [0.25, 0.3) is 0 Å². The lowest BCUT2D eigenvalue weighted by Crippen LogP contribution is -2.02. The molecule has 0 fully saturated rings. The zero-order valence-corrected chi connectivity index (χ0v) is 6.66. The molecule has 0 N–H and O–H groups in total. The van der Waals surface area contributed by atoms with Gasteiger partial charge < -0.3 is 4.84 Å². The van der Waals surface area contributed by atoms with Gasteiger partial charge in [-0.3, -0.25) is 9.59 Å². The van der Waals surface area contributed by atoms with Crippen LogP contribution in [0.4, 0.5) is 0 Å². The van der Waals surface area contributed by atoms with Crippen molar-refractivity contribution in [3.8, 4) is 0 Å². The molecule has 0 spiro atoms. The average molecular weight is 157 g/mol. The molecule has 0 bridgehead atoms. The van der Waals surface area contributed by atoms with Gasteiger partial charge in [-0.25, -0.2) is 0 Å². The number of nitrogens with zero attached hydrogens (tertiary/aromatic N) is 1. The maximum absolute atomic E-state index is 10.5. The number of hydrogen-bond acceptors (Lipinski definition) is 4. The third-order valence-electron chi connectivity index (χ3n) is 0.888. The summed E-state index contributed by atoms with van der Waals surface area (Å²) in [5.41, 5.74) is 0. The summed E-state index contributed by atoms with van der Waals surface area (Å²) in [5.74, 6) is -0.236. The van der Waals surface area contributed by atoms with Gasteiger partial charge in [0.15, 0.2) is 18.2 Å². The number of carbonyl (C=O) groups is 2. The van der Waals surface area contributed by atoms with Crippen molar-refractivity contribution in [2.45, 2.75) is 20.3 Å². The number of oxime groups is 1. The summed E-state index contributed by atoms with van der Waals surface area (Å²) >= 11 is 0. The molecule has 0 aromatic rings. The minimum Gasteiger partial charge on any atom is -0.388 e. The van der Waals surface area contributed by atoms with E-state index in [0.29, 0.717) is 6.42 Å². The number of carbonyl (C=O) groups excluding carboxylic acids is 2. The van der Waals surface area contributed by atoms with Gasteiger partial charge in [-0.15, -0.1) is 0 Å². The van der Waals surface area contributed by atoms with Crippen LogP contribution in [0.15, 0.2) is 5.16 Å². The highest BCUT2D eigenvalue weighted by molar-refractivity contribution is 6.27. The van der Waals surface area contributed by atoms with Crippen LogP contribution < -0.4 is 0 Å². The van der Waals surface area contributed by atoms with Crippen LogP contribution in [0, 0.1) is 0 Å². The molecule has 4 heteroatoms. The SMILES string of the molecule is CCC(=O)/C=N/OCC(C)=O. The van der Waals surface area contributed by atoms with E-state index < -0.39 is 0 Å². The van der Waals surface area contributed by atoms with Crippen molar-refractivity contribution in [1.82, 2.24) is 0 Å². The van der Waals surface area contributed by atoms with Crippen molar-refractivity contribution in [1.29, 1.82) is 0 Å². The summed E-state index contributed by atoms with van der Waals surface area (Å²) in [5, 5.41) is 3.29. The molecule has 0 aromatic carbocycles. The van der Waals surface area contributed by atoms with E-state index in [4.69, 9.17) is 0 Å². The number of rotatable bonds is 5. The fraction of sp³-hybridized carbons (Fsp3) is 0.571. The maximum Gasteiger partial charge on any atom is 0.176 e. The van der Waals surface area contributed by atoms with Crippen molar-refractivity contribution >= 4 is 17.8 Å². The van der Waals surface area contributed by atoms with Crippen molar-refractivity contribution in [3.05, 3.63) is 0 Å². The lowest BCUT2D eigenvalue weighted by Gasteiger charge is -1.91. The Bertz CT molecular complexity index is 175. The molecular formula is C7H11NO3. The summed E-state index contributed by atoms with van der Waals surface area (Å²) in [6.45, 7) is 3.03. The number of Topliss-reactive ketones (excluding diaryl/α,β-unsaturated/α-hetero) is 2. The Labute approximate surface area is 65.2 Å². The summed E-state index contributed by atoms with van der Waals surface area (Å²) < 4.78 is 0. The molecular weight excluding hydrogens is 146 g/mol. The van der Waals surface area contributed by atoms with E-state index >= 15 is 0 Å². The van der Waals surface area contributed by atoms with Crippen LogP contribution in [-0.2, 0) is 14.4 Å². The molecule has 0 aliphatic carbocycles. The van der Waals surface area contributed by atoms with Crippen molar-refractivity contribution < 1.29 is 14.4 Å². The predicted octanol–water partition coefficient (Wildman–Crippen LogP) is 0.557. The second kappa shape index (κ2) is 5.58. The molecule has 0 aliphatic heterocycles. The van der Waals surface area contributed by atoms with Crippen LogP contribution in [0.2, 0.25) is 0 Å². The van der Waals surface area contributed by atoms with Gasteiger partial charge in [-0.1, -0.05) is 12.1 Å². The monoisotopic (exact) mass is 157 g/mol. The Kier molecular flexibility index (Phi) is 4.98. The first-order valence-electron chi connectivity index (χ1n) is 3.34. The van der Waals surface area contributed by atoms with Crippen molar-refractivity contribution in [3.63, 3.8) is 0 Å². The first kappa shape index (κ1) is 9.81. The van der Waals surface area contributed by atoms with Gasteiger partial charge in [0, 0.05) is 6.42 Å². The minimum absolute atomic E-state index is 0.0759. The Morgan fingerprint density at radius 1 is 1.55 bits per heavy atom. The normalized spacial score (nSPS) is 10.0. The molecule has 0 aliphatic rings. The van der Waals surface area contributed by atoms with Crippen LogP contribution in [0.3, 0.4) is 0 Å². The fourth-order valence-corrected chi connectivity index (χ4v) is 0.316. The van der Waals surface area contributed by atoms with E-state index in [1.54, 1.807) is 6.92 Å². The molecule has 0 aromatic heterocycles. The summed E-state index contributed by atoms with van der Waals surface area (Å²) in [6.07, 6.45) is 1.47. The van der Waals surface area contributed by atoms with Gasteiger partial charge in [-0.2, -0.15) is 0 Å². The van der Waals surface area contributed by atoms with Crippen LogP contribution in [0.5, 0.6) is 0 Å². The van der Waals surface area contributed by atoms with E-state index in [1.807, 2.05) is 0 Å². The minimum atomic E-state index is -0.119. The highest BCUT2D eigenvalue weighted by Crippen LogP contribution is 1.79. The smallest absolute Gasteiger partial charge is 0.176 e.